The fourth-order valence-electron chi connectivity index (χ4n) is 2.13. The lowest BCUT2D eigenvalue weighted by Gasteiger charge is -2.17. The molecule has 0 amide bonds. The van der Waals surface area contributed by atoms with Gasteiger partial charge in [0.05, 0.1) is 23.2 Å². The summed E-state index contributed by atoms with van der Waals surface area (Å²) in [5.41, 5.74) is 12.3. The van der Waals surface area contributed by atoms with Crippen LogP contribution in [0.1, 0.15) is 32.0 Å². The Balaban J connectivity index is 0.00000190. The van der Waals surface area contributed by atoms with Crippen LogP contribution in [0.2, 0.25) is 0 Å². The molecule has 0 atom stereocenters. The van der Waals surface area contributed by atoms with E-state index >= 15 is 0 Å². The molecule has 9 heteroatoms. The summed E-state index contributed by atoms with van der Waals surface area (Å²) in [4.78, 5) is 9.58. The minimum Gasteiger partial charge on any atom is -0.389 e. The topological polar surface area (TPSA) is 158 Å². The van der Waals surface area contributed by atoms with Gasteiger partial charge in [-0.1, -0.05) is 6.07 Å². The lowest BCUT2D eigenvalue weighted by atomic mass is 10.1. The Morgan fingerprint density at radius 3 is 2.50 bits per heavy atom. The summed E-state index contributed by atoms with van der Waals surface area (Å²) in [7, 11) is 1.50. The summed E-state index contributed by atoms with van der Waals surface area (Å²) in [5.74, 6) is 0.139. The first kappa shape index (κ1) is 23.7. The van der Waals surface area contributed by atoms with Gasteiger partial charge in [0.25, 0.3) is 0 Å². The number of aliphatic hydroxyl groups is 1. The van der Waals surface area contributed by atoms with Crippen molar-refractivity contribution in [2.75, 3.05) is 19.3 Å². The molecule has 0 saturated heterocycles. The second-order valence-corrected chi connectivity index (χ2v) is 7.67. The Morgan fingerprint density at radius 1 is 1.29 bits per heavy atom. The number of aromatic nitrogens is 2. The van der Waals surface area contributed by atoms with Crippen LogP contribution in [-0.4, -0.2) is 45.7 Å². The van der Waals surface area contributed by atoms with E-state index in [9.17, 15) is 5.11 Å². The molecule has 0 aliphatic rings. The van der Waals surface area contributed by atoms with E-state index < -0.39 is 5.60 Å². The first-order chi connectivity index (χ1) is 13.1. The number of nitrogens with zero attached hydrogens (tertiary/aromatic N) is 2. The average molecular weight is 404 g/mol. The SMILES string of the molecule is CC(=N)C(=N)c1nc(-c2cc(SNCC(C)(C)O)ccc2C)cnc1N.CN. The van der Waals surface area contributed by atoms with Crippen LogP contribution in [0.15, 0.2) is 29.3 Å². The second-order valence-electron chi connectivity index (χ2n) is 6.70. The molecule has 0 spiro atoms. The molecule has 2 aromatic rings. The van der Waals surface area contributed by atoms with Crippen molar-refractivity contribution in [1.29, 1.82) is 10.8 Å². The minimum atomic E-state index is -0.789. The molecule has 1 aromatic carbocycles. The second kappa shape index (κ2) is 10.3. The van der Waals surface area contributed by atoms with Crippen molar-refractivity contribution in [1.82, 2.24) is 14.7 Å². The van der Waals surface area contributed by atoms with Gasteiger partial charge in [0.1, 0.15) is 11.4 Å². The third-order valence-electron chi connectivity index (χ3n) is 3.59. The molecule has 0 fully saturated rings. The molecule has 152 valence electrons. The smallest absolute Gasteiger partial charge is 0.151 e. The van der Waals surface area contributed by atoms with Crippen LogP contribution < -0.4 is 16.2 Å². The highest BCUT2D eigenvalue weighted by Gasteiger charge is 2.15. The summed E-state index contributed by atoms with van der Waals surface area (Å²) >= 11 is 1.42. The molecule has 1 heterocycles. The first-order valence-corrected chi connectivity index (χ1v) is 9.48. The maximum atomic E-state index is 9.78. The van der Waals surface area contributed by atoms with Gasteiger partial charge in [0.2, 0.25) is 0 Å². The number of nitrogens with one attached hydrogen (secondary N) is 3. The molecule has 1 aromatic heterocycles. The number of anilines is 1. The monoisotopic (exact) mass is 403 g/mol. The number of nitrogen functional groups attached to an aromatic ring is 1. The molecule has 2 rings (SSSR count). The van der Waals surface area contributed by atoms with Gasteiger partial charge in [-0.05, 0) is 64.4 Å². The van der Waals surface area contributed by atoms with E-state index in [4.69, 9.17) is 16.6 Å². The van der Waals surface area contributed by atoms with E-state index in [0.29, 0.717) is 12.2 Å². The van der Waals surface area contributed by atoms with Gasteiger partial charge in [-0.15, -0.1) is 0 Å². The largest absolute Gasteiger partial charge is 0.389 e. The summed E-state index contributed by atoms with van der Waals surface area (Å²) in [6, 6.07) is 5.94. The van der Waals surface area contributed by atoms with Crippen LogP contribution in [0, 0.1) is 17.7 Å². The molecule has 28 heavy (non-hydrogen) atoms. The Labute approximate surface area is 170 Å². The van der Waals surface area contributed by atoms with Crippen LogP contribution in [0.5, 0.6) is 0 Å². The standard InChI is InChI=1S/C18H24N6OS.CH5N/c1-10-5-6-12(26-23-9-18(3,4)25)7-13(10)14-8-22-17(21)16(24-14)15(20)11(2)19;1-2/h5-8,19-20,23,25H,9H2,1-4H3,(H2,21,22);2H2,1H3. The summed E-state index contributed by atoms with van der Waals surface area (Å²) in [5, 5.41) is 25.4. The van der Waals surface area contributed by atoms with Gasteiger partial charge in [-0.2, -0.15) is 0 Å². The van der Waals surface area contributed by atoms with Crippen molar-refractivity contribution < 1.29 is 5.11 Å². The maximum absolute atomic E-state index is 9.78. The normalized spacial score (nSPS) is 10.8. The molecular weight excluding hydrogens is 374 g/mol. The molecule has 0 unspecified atom stereocenters. The van der Waals surface area contributed by atoms with Crippen molar-refractivity contribution in [3.05, 3.63) is 35.7 Å². The molecular formula is C19H29N7OS. The van der Waals surface area contributed by atoms with E-state index in [1.165, 1.54) is 25.9 Å². The Hall–Kier alpha value is -2.33. The van der Waals surface area contributed by atoms with E-state index in [-0.39, 0.29) is 22.9 Å². The fourth-order valence-corrected chi connectivity index (χ4v) is 3.03. The highest BCUT2D eigenvalue weighted by atomic mass is 32.2. The molecule has 8 nitrogen and oxygen atoms in total. The third kappa shape index (κ3) is 6.68. The zero-order valence-corrected chi connectivity index (χ0v) is 17.7. The van der Waals surface area contributed by atoms with Crippen LogP contribution in [0.3, 0.4) is 0 Å². The van der Waals surface area contributed by atoms with E-state index in [0.717, 1.165) is 16.0 Å². The van der Waals surface area contributed by atoms with Crippen molar-refractivity contribution in [2.45, 2.75) is 38.2 Å². The Bertz CT molecular complexity index is 847. The number of aryl methyl sites for hydroxylation is 1. The predicted octanol–water partition coefficient (Wildman–Crippen LogP) is 2.38. The van der Waals surface area contributed by atoms with Crippen LogP contribution in [-0.2, 0) is 0 Å². The van der Waals surface area contributed by atoms with Gasteiger partial charge in [-0.3, -0.25) is 10.1 Å². The van der Waals surface area contributed by atoms with E-state index in [2.05, 4.69) is 20.4 Å². The van der Waals surface area contributed by atoms with Crippen LogP contribution in [0.25, 0.3) is 11.3 Å². The third-order valence-corrected chi connectivity index (χ3v) is 4.37. The Kier molecular flexibility index (Phi) is 8.70. The molecule has 0 radical (unpaired) electrons. The van der Waals surface area contributed by atoms with Crippen molar-refractivity contribution in [3.8, 4) is 11.3 Å². The van der Waals surface area contributed by atoms with Crippen molar-refractivity contribution in [3.63, 3.8) is 0 Å². The molecule has 0 bridgehead atoms. The summed E-state index contributed by atoms with van der Waals surface area (Å²) in [6.45, 7) is 7.42. The zero-order valence-electron chi connectivity index (χ0n) is 16.9. The van der Waals surface area contributed by atoms with Gasteiger partial charge in [-0.25, -0.2) is 9.97 Å². The molecule has 8 N–H and O–H groups in total. The van der Waals surface area contributed by atoms with E-state index in [1.54, 1.807) is 20.0 Å². The van der Waals surface area contributed by atoms with Gasteiger partial charge in [0.15, 0.2) is 5.82 Å². The van der Waals surface area contributed by atoms with Crippen molar-refractivity contribution in [2.24, 2.45) is 5.73 Å². The van der Waals surface area contributed by atoms with Gasteiger partial charge < -0.3 is 22.0 Å². The number of rotatable bonds is 7. The lowest BCUT2D eigenvalue weighted by Crippen LogP contribution is -2.31. The zero-order chi connectivity index (χ0) is 21.5. The number of hydrogen-bond acceptors (Lipinski definition) is 9. The predicted molar refractivity (Wildman–Crippen MR) is 117 cm³/mol. The minimum absolute atomic E-state index is 0.0353. The Morgan fingerprint density at radius 2 is 1.93 bits per heavy atom. The summed E-state index contributed by atoms with van der Waals surface area (Å²) < 4.78 is 3.14. The fraction of sp³-hybridized carbons (Fsp3) is 0.368. The number of hydrogen-bond donors (Lipinski definition) is 6. The quantitative estimate of drug-likeness (QED) is 0.306. The maximum Gasteiger partial charge on any atom is 0.151 e. The highest BCUT2D eigenvalue weighted by Crippen LogP contribution is 2.27. The molecule has 0 saturated carbocycles. The van der Waals surface area contributed by atoms with Gasteiger partial charge >= 0.3 is 0 Å². The highest BCUT2D eigenvalue weighted by molar-refractivity contribution is 7.97. The lowest BCUT2D eigenvalue weighted by molar-refractivity contribution is 0.0865. The molecule has 0 aliphatic carbocycles. The van der Waals surface area contributed by atoms with Gasteiger partial charge in [0, 0.05) is 17.0 Å². The summed E-state index contributed by atoms with van der Waals surface area (Å²) in [6.07, 6.45) is 1.58. The average Bonchev–Trinajstić information content (AvgIpc) is 2.63. The number of benzene rings is 1. The van der Waals surface area contributed by atoms with Crippen molar-refractivity contribution >= 4 is 29.2 Å². The molecule has 0 aliphatic heterocycles. The first-order valence-electron chi connectivity index (χ1n) is 8.66. The van der Waals surface area contributed by atoms with E-state index in [1.807, 2.05) is 25.1 Å². The van der Waals surface area contributed by atoms with Crippen LogP contribution in [0.4, 0.5) is 5.82 Å². The van der Waals surface area contributed by atoms with Crippen LogP contribution >= 0.6 is 11.9 Å². The number of nitrogens with two attached hydrogens (primary N) is 2.